The number of carbonyl (C=O) groups excluding carboxylic acids is 1. The second kappa shape index (κ2) is 19.2. The highest BCUT2D eigenvalue weighted by Gasteiger charge is 2.25. The Hall–Kier alpha value is -0.770. The zero-order valence-electron chi connectivity index (χ0n) is 19.4. The highest BCUT2D eigenvalue weighted by molar-refractivity contribution is 5.74. The van der Waals surface area contributed by atoms with E-state index in [1.165, 1.54) is 96.3 Å². The van der Waals surface area contributed by atoms with Crippen molar-refractivity contribution in [1.82, 2.24) is 10.2 Å². The van der Waals surface area contributed by atoms with Crippen molar-refractivity contribution in [2.24, 2.45) is 0 Å². The maximum Gasteiger partial charge on any atom is 0.317 e. The van der Waals surface area contributed by atoms with Gasteiger partial charge in [-0.25, -0.2) is 4.79 Å². The second-order valence-corrected chi connectivity index (χ2v) is 9.06. The van der Waals surface area contributed by atoms with Crippen LogP contribution in [-0.4, -0.2) is 41.8 Å². The summed E-state index contributed by atoms with van der Waals surface area (Å²) in [6.07, 6.45) is 25.0. The van der Waals surface area contributed by atoms with Crippen LogP contribution < -0.4 is 5.32 Å². The Kier molecular flexibility index (Phi) is 17.4. The monoisotopic (exact) mass is 410 g/mol. The number of nitrogens with zero attached hydrogens (tertiary/aromatic N) is 1. The van der Waals surface area contributed by atoms with Gasteiger partial charge in [0.2, 0.25) is 0 Å². The summed E-state index contributed by atoms with van der Waals surface area (Å²) in [5.74, 6) is 0. The van der Waals surface area contributed by atoms with Gasteiger partial charge >= 0.3 is 6.03 Å². The smallest absolute Gasteiger partial charge is 0.317 e. The van der Waals surface area contributed by atoms with E-state index in [2.05, 4.69) is 12.2 Å². The van der Waals surface area contributed by atoms with Gasteiger partial charge in [-0.1, -0.05) is 103 Å². The van der Waals surface area contributed by atoms with Crippen LogP contribution in [0.4, 0.5) is 4.79 Å². The van der Waals surface area contributed by atoms with Crippen LogP contribution in [0, 0.1) is 0 Å². The molecule has 0 aromatic rings. The number of rotatable bonds is 18. The number of nitrogens with one attached hydrogen (secondary N) is 1. The van der Waals surface area contributed by atoms with Crippen LogP contribution in [0.25, 0.3) is 0 Å². The third-order valence-corrected chi connectivity index (χ3v) is 6.41. The predicted octanol–water partition coefficient (Wildman–Crippen LogP) is 6.80. The summed E-state index contributed by atoms with van der Waals surface area (Å²) < 4.78 is 0. The first-order valence-electron chi connectivity index (χ1n) is 12.9. The summed E-state index contributed by atoms with van der Waals surface area (Å²) >= 11 is 0. The van der Waals surface area contributed by atoms with Crippen molar-refractivity contribution in [3.05, 3.63) is 0 Å². The third kappa shape index (κ3) is 14.0. The summed E-state index contributed by atoms with van der Waals surface area (Å²) in [6.45, 7) is 3.93. The maximum absolute atomic E-state index is 12.2. The molecule has 0 bridgehead atoms. The molecule has 0 aromatic carbocycles. The molecule has 0 spiro atoms. The molecule has 2 N–H and O–H groups in total. The molecule has 0 radical (unpaired) electrons. The summed E-state index contributed by atoms with van der Waals surface area (Å²) in [5, 5.41) is 12.5. The van der Waals surface area contributed by atoms with E-state index >= 15 is 0 Å². The average molecular weight is 411 g/mol. The van der Waals surface area contributed by atoms with Gasteiger partial charge in [-0.3, -0.25) is 0 Å². The van der Waals surface area contributed by atoms with Crippen LogP contribution in [0.5, 0.6) is 0 Å². The fraction of sp³-hybridized carbons (Fsp3) is 0.960. The standard InChI is InChI=1S/C25H50N2O2/c1-2-3-4-5-6-7-8-9-10-11-12-13-14-15-16-18-21-26-25(29)27-22-19-17-20-24(27)23-28/h24,28H,2-23H2,1H3,(H,26,29). The molecule has 0 aliphatic carbocycles. The minimum Gasteiger partial charge on any atom is -0.394 e. The van der Waals surface area contributed by atoms with E-state index in [1.54, 1.807) is 0 Å². The number of aliphatic hydroxyl groups is 1. The topological polar surface area (TPSA) is 52.6 Å². The van der Waals surface area contributed by atoms with Gasteiger partial charge in [-0.05, 0) is 25.7 Å². The maximum atomic E-state index is 12.2. The van der Waals surface area contributed by atoms with Crippen molar-refractivity contribution < 1.29 is 9.90 Å². The fourth-order valence-electron chi connectivity index (χ4n) is 4.43. The zero-order chi connectivity index (χ0) is 21.0. The lowest BCUT2D eigenvalue weighted by molar-refractivity contribution is 0.108. The number of amides is 2. The highest BCUT2D eigenvalue weighted by atomic mass is 16.3. The van der Waals surface area contributed by atoms with Gasteiger partial charge in [-0.15, -0.1) is 0 Å². The number of unbranched alkanes of at least 4 members (excludes halogenated alkanes) is 15. The quantitative estimate of drug-likeness (QED) is 0.244. The number of carbonyl (C=O) groups is 1. The fourth-order valence-corrected chi connectivity index (χ4v) is 4.43. The van der Waals surface area contributed by atoms with Crippen molar-refractivity contribution in [1.29, 1.82) is 0 Å². The van der Waals surface area contributed by atoms with Crippen LogP contribution >= 0.6 is 0 Å². The van der Waals surface area contributed by atoms with Crippen LogP contribution in [0.15, 0.2) is 0 Å². The van der Waals surface area contributed by atoms with E-state index in [1.807, 2.05) is 4.90 Å². The predicted molar refractivity (Wildman–Crippen MR) is 124 cm³/mol. The first-order chi connectivity index (χ1) is 14.3. The molecular weight excluding hydrogens is 360 g/mol. The van der Waals surface area contributed by atoms with Crippen molar-refractivity contribution in [3.8, 4) is 0 Å². The molecular formula is C25H50N2O2. The first-order valence-corrected chi connectivity index (χ1v) is 12.9. The number of aliphatic hydroxyl groups excluding tert-OH is 1. The Morgan fingerprint density at radius 3 is 1.76 bits per heavy atom. The summed E-state index contributed by atoms with van der Waals surface area (Å²) in [6, 6.07) is 0.0410. The molecule has 1 aliphatic heterocycles. The second-order valence-electron chi connectivity index (χ2n) is 9.06. The van der Waals surface area contributed by atoms with E-state index in [4.69, 9.17) is 0 Å². The van der Waals surface area contributed by atoms with Crippen molar-refractivity contribution in [2.75, 3.05) is 19.7 Å². The summed E-state index contributed by atoms with van der Waals surface area (Å²) in [7, 11) is 0. The zero-order valence-corrected chi connectivity index (χ0v) is 19.4. The molecule has 172 valence electrons. The SMILES string of the molecule is CCCCCCCCCCCCCCCCCCNC(=O)N1CCCCC1CO. The number of urea groups is 1. The molecule has 4 nitrogen and oxygen atoms in total. The van der Waals surface area contributed by atoms with Crippen LogP contribution in [0.1, 0.15) is 129 Å². The molecule has 4 heteroatoms. The molecule has 1 fully saturated rings. The molecule has 1 heterocycles. The van der Waals surface area contributed by atoms with Gasteiger partial charge in [-0.2, -0.15) is 0 Å². The first kappa shape index (κ1) is 26.3. The largest absolute Gasteiger partial charge is 0.394 e. The van der Waals surface area contributed by atoms with Gasteiger partial charge in [0.1, 0.15) is 0 Å². The number of hydrogen-bond acceptors (Lipinski definition) is 2. The molecule has 0 saturated carbocycles. The Bertz CT molecular complexity index is 376. The van der Waals surface area contributed by atoms with Crippen molar-refractivity contribution in [3.63, 3.8) is 0 Å². The van der Waals surface area contributed by atoms with Gasteiger partial charge in [0.05, 0.1) is 12.6 Å². The number of piperidine rings is 1. The summed E-state index contributed by atoms with van der Waals surface area (Å²) in [4.78, 5) is 14.1. The minimum absolute atomic E-state index is 0.0182. The minimum atomic E-state index is 0.0182. The summed E-state index contributed by atoms with van der Waals surface area (Å²) in [5.41, 5.74) is 0. The van der Waals surface area contributed by atoms with Gasteiger partial charge in [0.15, 0.2) is 0 Å². The number of likely N-dealkylation sites (tertiary alicyclic amines) is 1. The number of hydrogen-bond donors (Lipinski definition) is 2. The van der Waals surface area contributed by atoms with E-state index in [0.29, 0.717) is 0 Å². The van der Waals surface area contributed by atoms with Crippen LogP contribution in [-0.2, 0) is 0 Å². The van der Waals surface area contributed by atoms with Crippen LogP contribution in [0.3, 0.4) is 0 Å². The van der Waals surface area contributed by atoms with Gasteiger partial charge in [0, 0.05) is 13.1 Å². The molecule has 1 unspecified atom stereocenters. The third-order valence-electron chi connectivity index (χ3n) is 6.41. The average Bonchev–Trinajstić information content (AvgIpc) is 2.75. The van der Waals surface area contributed by atoms with E-state index in [9.17, 15) is 9.90 Å². The molecule has 29 heavy (non-hydrogen) atoms. The molecule has 1 rings (SSSR count). The molecule has 1 saturated heterocycles. The normalized spacial score (nSPS) is 16.9. The van der Waals surface area contributed by atoms with E-state index in [0.717, 1.165) is 38.8 Å². The lowest BCUT2D eigenvalue weighted by Gasteiger charge is -2.34. The van der Waals surface area contributed by atoms with Gasteiger partial charge in [0.25, 0.3) is 0 Å². The lowest BCUT2D eigenvalue weighted by Crippen LogP contribution is -2.50. The van der Waals surface area contributed by atoms with Crippen LogP contribution in [0.2, 0.25) is 0 Å². The Morgan fingerprint density at radius 2 is 1.28 bits per heavy atom. The molecule has 0 aromatic heterocycles. The molecule has 2 amide bonds. The van der Waals surface area contributed by atoms with E-state index < -0.39 is 0 Å². The van der Waals surface area contributed by atoms with Crippen molar-refractivity contribution >= 4 is 6.03 Å². The molecule has 1 atom stereocenters. The lowest BCUT2D eigenvalue weighted by atomic mass is 10.0. The van der Waals surface area contributed by atoms with Gasteiger partial charge < -0.3 is 15.3 Å². The van der Waals surface area contributed by atoms with Crippen molar-refractivity contribution in [2.45, 2.75) is 135 Å². The van der Waals surface area contributed by atoms with E-state index in [-0.39, 0.29) is 18.7 Å². The highest BCUT2D eigenvalue weighted by Crippen LogP contribution is 2.17. The molecule has 1 aliphatic rings. The Morgan fingerprint density at radius 1 is 0.793 bits per heavy atom. The Balaban J connectivity index is 1.79. The Labute approximate surface area is 181 Å².